The number of nitrogens with two attached hydrogens (primary N) is 1. The lowest BCUT2D eigenvalue weighted by Crippen LogP contribution is -2.15. The zero-order chi connectivity index (χ0) is 12.1. The first-order chi connectivity index (χ1) is 7.50. The van der Waals surface area contributed by atoms with Crippen molar-refractivity contribution in [3.63, 3.8) is 0 Å². The van der Waals surface area contributed by atoms with E-state index in [0.29, 0.717) is 21.4 Å². The maximum Gasteiger partial charge on any atom is 0.0618 e. The van der Waals surface area contributed by atoms with Crippen LogP contribution in [0.1, 0.15) is 6.42 Å². The van der Waals surface area contributed by atoms with Gasteiger partial charge in [-0.1, -0.05) is 11.6 Å². The van der Waals surface area contributed by atoms with Crippen LogP contribution in [0, 0.1) is 0 Å². The summed E-state index contributed by atoms with van der Waals surface area (Å²) >= 11 is 5.78. The summed E-state index contributed by atoms with van der Waals surface area (Å²) < 4.78 is 11.9. The highest BCUT2D eigenvalue weighted by atomic mass is 35.5. The molecule has 0 saturated heterocycles. The molecule has 1 aromatic rings. The number of benzene rings is 1. The lowest BCUT2D eigenvalue weighted by Gasteiger charge is -2.09. The van der Waals surface area contributed by atoms with Gasteiger partial charge in [-0.2, -0.15) is 0 Å². The molecular formula is C11H17ClN2OS. The molecule has 0 heterocycles. The van der Waals surface area contributed by atoms with E-state index in [1.54, 1.807) is 18.2 Å². The quantitative estimate of drug-likeness (QED) is 0.824. The van der Waals surface area contributed by atoms with E-state index >= 15 is 0 Å². The lowest BCUT2D eigenvalue weighted by atomic mass is 10.3. The molecule has 0 spiro atoms. The van der Waals surface area contributed by atoms with E-state index in [0.717, 1.165) is 13.0 Å². The molecule has 0 fully saturated rings. The second kappa shape index (κ2) is 6.23. The molecule has 1 aromatic carbocycles. The minimum atomic E-state index is -1.03. The molecule has 16 heavy (non-hydrogen) atoms. The van der Waals surface area contributed by atoms with Gasteiger partial charge in [0.05, 0.1) is 15.7 Å². The largest absolute Gasteiger partial charge is 0.398 e. The zero-order valence-electron chi connectivity index (χ0n) is 9.57. The van der Waals surface area contributed by atoms with Crippen molar-refractivity contribution in [1.82, 2.24) is 4.90 Å². The highest BCUT2D eigenvalue weighted by Gasteiger charge is 2.08. The Morgan fingerprint density at radius 2 is 2.12 bits per heavy atom. The summed E-state index contributed by atoms with van der Waals surface area (Å²) in [5.41, 5.74) is 6.28. The summed E-state index contributed by atoms with van der Waals surface area (Å²) in [5, 5.41) is 0.576. The fraction of sp³-hybridized carbons (Fsp3) is 0.455. The average Bonchev–Trinajstić information content (AvgIpc) is 2.16. The molecule has 1 atom stereocenters. The highest BCUT2D eigenvalue weighted by molar-refractivity contribution is 7.85. The normalized spacial score (nSPS) is 13.0. The molecule has 1 unspecified atom stereocenters. The van der Waals surface area contributed by atoms with Crippen LogP contribution >= 0.6 is 11.6 Å². The Kier molecular flexibility index (Phi) is 5.25. The molecule has 3 nitrogen and oxygen atoms in total. The molecule has 0 aromatic heterocycles. The van der Waals surface area contributed by atoms with Crippen molar-refractivity contribution in [2.75, 3.05) is 32.1 Å². The van der Waals surface area contributed by atoms with E-state index in [-0.39, 0.29) is 0 Å². The summed E-state index contributed by atoms with van der Waals surface area (Å²) in [6.07, 6.45) is 0.891. The molecule has 1 rings (SSSR count). The second-order valence-electron chi connectivity index (χ2n) is 3.89. The number of hydrogen-bond donors (Lipinski definition) is 1. The van der Waals surface area contributed by atoms with Gasteiger partial charge in [0, 0.05) is 16.5 Å². The Balaban J connectivity index is 2.59. The first-order valence-corrected chi connectivity index (χ1v) is 6.78. The van der Waals surface area contributed by atoms with Crippen molar-refractivity contribution in [2.45, 2.75) is 11.3 Å². The lowest BCUT2D eigenvalue weighted by molar-refractivity contribution is 0.409. The standard InChI is InChI=1S/C11H17ClN2OS/c1-14(2)6-3-7-16(15)11-5-4-9(12)8-10(11)13/h4-5,8H,3,6-7,13H2,1-2H3. The predicted octanol–water partition coefficient (Wildman–Crippen LogP) is 1.98. The highest BCUT2D eigenvalue weighted by Crippen LogP contribution is 2.21. The summed E-state index contributed by atoms with van der Waals surface area (Å²) in [7, 11) is 2.97. The maximum atomic E-state index is 11.9. The van der Waals surface area contributed by atoms with Crippen molar-refractivity contribution >= 4 is 28.1 Å². The van der Waals surface area contributed by atoms with Crippen LogP contribution in [0.3, 0.4) is 0 Å². The van der Waals surface area contributed by atoms with E-state index in [1.165, 1.54) is 0 Å². The molecule has 0 aliphatic carbocycles. The molecule has 2 N–H and O–H groups in total. The van der Waals surface area contributed by atoms with Crippen LogP contribution in [-0.4, -0.2) is 35.5 Å². The van der Waals surface area contributed by atoms with Gasteiger partial charge in [0.2, 0.25) is 0 Å². The van der Waals surface area contributed by atoms with Gasteiger partial charge in [0.1, 0.15) is 0 Å². The summed E-state index contributed by atoms with van der Waals surface area (Å²) in [4.78, 5) is 2.76. The van der Waals surface area contributed by atoms with Crippen LogP contribution in [0.25, 0.3) is 0 Å². The van der Waals surface area contributed by atoms with Crippen LogP contribution in [0.2, 0.25) is 5.02 Å². The van der Waals surface area contributed by atoms with Gasteiger partial charge >= 0.3 is 0 Å². The monoisotopic (exact) mass is 260 g/mol. The second-order valence-corrected chi connectivity index (χ2v) is 5.86. The topological polar surface area (TPSA) is 46.3 Å². The van der Waals surface area contributed by atoms with Crippen molar-refractivity contribution in [3.05, 3.63) is 23.2 Å². The van der Waals surface area contributed by atoms with Crippen LogP contribution in [0.4, 0.5) is 5.69 Å². The zero-order valence-corrected chi connectivity index (χ0v) is 11.1. The molecule has 90 valence electrons. The molecule has 0 amide bonds. The van der Waals surface area contributed by atoms with Gasteiger partial charge in [-0.3, -0.25) is 4.21 Å². The Morgan fingerprint density at radius 1 is 1.44 bits per heavy atom. The smallest absolute Gasteiger partial charge is 0.0618 e. The van der Waals surface area contributed by atoms with Crippen LogP contribution in [0.5, 0.6) is 0 Å². The molecule has 0 aliphatic heterocycles. The van der Waals surface area contributed by atoms with E-state index in [2.05, 4.69) is 4.90 Å². The molecule has 5 heteroatoms. The fourth-order valence-corrected chi connectivity index (χ4v) is 2.68. The average molecular weight is 261 g/mol. The van der Waals surface area contributed by atoms with E-state index < -0.39 is 10.8 Å². The first-order valence-electron chi connectivity index (χ1n) is 5.09. The first kappa shape index (κ1) is 13.5. The van der Waals surface area contributed by atoms with Crippen molar-refractivity contribution in [3.8, 4) is 0 Å². The Labute approximate surface area is 104 Å². The van der Waals surface area contributed by atoms with E-state index in [1.807, 2.05) is 14.1 Å². The molecule has 0 aliphatic rings. The van der Waals surface area contributed by atoms with Gasteiger partial charge in [0.25, 0.3) is 0 Å². The maximum absolute atomic E-state index is 11.9. The van der Waals surface area contributed by atoms with Crippen LogP contribution in [0.15, 0.2) is 23.1 Å². The van der Waals surface area contributed by atoms with Gasteiger partial charge in [-0.15, -0.1) is 0 Å². The van der Waals surface area contributed by atoms with Crippen LogP contribution in [-0.2, 0) is 10.8 Å². The minimum absolute atomic E-state index is 0.510. The molecule has 0 bridgehead atoms. The van der Waals surface area contributed by atoms with Crippen molar-refractivity contribution < 1.29 is 4.21 Å². The Bertz CT molecular complexity index is 382. The van der Waals surface area contributed by atoms with Crippen molar-refractivity contribution in [1.29, 1.82) is 0 Å². The molecular weight excluding hydrogens is 244 g/mol. The van der Waals surface area contributed by atoms with Gasteiger partial charge in [0.15, 0.2) is 0 Å². The predicted molar refractivity (Wildman–Crippen MR) is 70.3 cm³/mol. The number of hydrogen-bond acceptors (Lipinski definition) is 3. The van der Waals surface area contributed by atoms with Gasteiger partial charge < -0.3 is 10.6 Å². The number of nitrogen functional groups attached to an aromatic ring is 1. The van der Waals surface area contributed by atoms with Crippen molar-refractivity contribution in [2.24, 2.45) is 0 Å². The van der Waals surface area contributed by atoms with E-state index in [4.69, 9.17) is 17.3 Å². The van der Waals surface area contributed by atoms with Gasteiger partial charge in [-0.05, 0) is 45.3 Å². The summed E-state index contributed by atoms with van der Waals surface area (Å²) in [6.45, 7) is 0.930. The third-order valence-electron chi connectivity index (χ3n) is 2.15. The summed E-state index contributed by atoms with van der Waals surface area (Å²) in [5.74, 6) is 0.629. The third kappa shape index (κ3) is 4.12. The summed E-state index contributed by atoms with van der Waals surface area (Å²) in [6, 6.07) is 5.10. The third-order valence-corrected chi connectivity index (χ3v) is 3.91. The number of halogens is 1. The van der Waals surface area contributed by atoms with Crippen LogP contribution < -0.4 is 5.73 Å². The number of anilines is 1. The Hall–Kier alpha value is -0.580. The fourth-order valence-electron chi connectivity index (χ4n) is 1.35. The Morgan fingerprint density at radius 3 is 2.69 bits per heavy atom. The van der Waals surface area contributed by atoms with E-state index in [9.17, 15) is 4.21 Å². The SMILES string of the molecule is CN(C)CCCS(=O)c1ccc(Cl)cc1N. The number of nitrogens with zero attached hydrogens (tertiary/aromatic N) is 1. The molecule has 0 saturated carbocycles. The van der Waals surface area contributed by atoms with Gasteiger partial charge in [-0.25, -0.2) is 0 Å². The minimum Gasteiger partial charge on any atom is -0.398 e. The number of rotatable bonds is 5. The molecule has 0 radical (unpaired) electrons.